The molecule has 0 fully saturated rings. The molecule has 7 atom stereocenters. The smallest absolute Gasteiger partial charge is 0.462 e. The quantitative estimate of drug-likeness (QED) is 0.0222. The van der Waals surface area contributed by atoms with Gasteiger partial charge in [0.25, 0.3) is 0 Å². The third kappa shape index (κ3) is 77.2. The first-order chi connectivity index (χ1) is 50.9. The lowest BCUT2D eigenvalue weighted by Gasteiger charge is -2.21. The Kier molecular flexibility index (Phi) is 76.0. The highest BCUT2D eigenvalue weighted by Crippen LogP contribution is 2.45. The standard InChI is InChI=1S/C86H168O17P2/c1-7-11-13-15-17-19-21-23-25-27-29-30-31-33-35-37-39-44-52-58-64-70-85(90)102-81(74-96-83(88)68-62-56-50-43-38-36-34-32-28-26-24-22-20-18-16-14-12-8-2)76-100-104(92,93)98-72-80(87)73-99-105(94,95)101-77-82(75-97-84(89)69-63-57-51-47-46-49-55-61-67-79(6)10-4)103-86(91)71-65-59-53-45-41-40-42-48-54-60-66-78(5)9-3/h78-82,87H,7-77H2,1-6H3,(H,92,93)(H,94,95)/t78?,79?,80-,81-,82-/m1/s1. The Morgan fingerprint density at radius 1 is 0.267 bits per heavy atom. The van der Waals surface area contributed by atoms with Crippen LogP contribution in [0.3, 0.4) is 0 Å². The van der Waals surface area contributed by atoms with Crippen molar-refractivity contribution >= 4 is 39.5 Å². The lowest BCUT2D eigenvalue weighted by Crippen LogP contribution is -2.30. The normalized spacial score (nSPS) is 14.3. The van der Waals surface area contributed by atoms with Crippen molar-refractivity contribution in [3.05, 3.63) is 0 Å². The van der Waals surface area contributed by atoms with Crippen LogP contribution in [0.1, 0.15) is 459 Å². The first kappa shape index (κ1) is 103. The van der Waals surface area contributed by atoms with Crippen LogP contribution in [0.25, 0.3) is 0 Å². The highest BCUT2D eigenvalue weighted by Gasteiger charge is 2.30. The third-order valence-electron chi connectivity index (χ3n) is 20.9. The van der Waals surface area contributed by atoms with E-state index < -0.39 is 97.5 Å². The van der Waals surface area contributed by atoms with Crippen LogP contribution < -0.4 is 0 Å². The van der Waals surface area contributed by atoms with Gasteiger partial charge in [0.1, 0.15) is 19.3 Å². The molecule has 0 aromatic rings. The van der Waals surface area contributed by atoms with E-state index in [1.54, 1.807) is 0 Å². The molecule has 0 aromatic heterocycles. The number of phosphoric ester groups is 2. The molecule has 0 aromatic carbocycles. The topological polar surface area (TPSA) is 237 Å². The molecule has 105 heavy (non-hydrogen) atoms. The Bertz CT molecular complexity index is 2010. The van der Waals surface area contributed by atoms with E-state index in [2.05, 4.69) is 41.5 Å². The molecule has 3 N–H and O–H groups in total. The Balaban J connectivity index is 5.25. The van der Waals surface area contributed by atoms with Crippen molar-refractivity contribution in [3.63, 3.8) is 0 Å². The minimum Gasteiger partial charge on any atom is -0.462 e. The maximum Gasteiger partial charge on any atom is 0.472 e. The van der Waals surface area contributed by atoms with Gasteiger partial charge in [-0.05, 0) is 37.5 Å². The fourth-order valence-corrected chi connectivity index (χ4v) is 14.9. The molecule has 624 valence electrons. The number of hydrogen-bond acceptors (Lipinski definition) is 15. The maximum atomic E-state index is 13.2. The summed E-state index contributed by atoms with van der Waals surface area (Å²) < 4.78 is 68.9. The predicted octanol–water partition coefficient (Wildman–Crippen LogP) is 26.2. The first-order valence-electron chi connectivity index (χ1n) is 44.6. The molecule has 4 unspecified atom stereocenters. The number of esters is 4. The third-order valence-corrected chi connectivity index (χ3v) is 22.8. The number of phosphoric acid groups is 2. The van der Waals surface area contributed by atoms with Gasteiger partial charge in [-0.15, -0.1) is 0 Å². The fourth-order valence-electron chi connectivity index (χ4n) is 13.4. The van der Waals surface area contributed by atoms with Gasteiger partial charge in [-0.2, -0.15) is 0 Å². The summed E-state index contributed by atoms with van der Waals surface area (Å²) in [4.78, 5) is 73.2. The number of aliphatic hydroxyl groups excluding tert-OH is 1. The Morgan fingerprint density at radius 3 is 0.676 bits per heavy atom. The summed E-state index contributed by atoms with van der Waals surface area (Å²) in [6.45, 7) is 9.69. The molecule has 0 amide bonds. The van der Waals surface area contributed by atoms with E-state index in [-0.39, 0.29) is 25.7 Å². The molecule has 17 nitrogen and oxygen atoms in total. The van der Waals surface area contributed by atoms with Crippen LogP contribution in [0, 0.1) is 11.8 Å². The van der Waals surface area contributed by atoms with E-state index in [0.717, 1.165) is 102 Å². The zero-order valence-electron chi connectivity index (χ0n) is 69.0. The summed E-state index contributed by atoms with van der Waals surface area (Å²) in [6, 6.07) is 0. The predicted molar refractivity (Wildman–Crippen MR) is 432 cm³/mol. The summed E-state index contributed by atoms with van der Waals surface area (Å²) in [6.07, 6.45) is 69.4. The van der Waals surface area contributed by atoms with Crippen LogP contribution in [-0.2, 0) is 65.4 Å². The molecule has 0 rings (SSSR count). The fraction of sp³-hybridized carbons (Fsp3) is 0.953. The summed E-state index contributed by atoms with van der Waals surface area (Å²) in [5, 5.41) is 10.7. The molecule has 19 heteroatoms. The van der Waals surface area contributed by atoms with Crippen molar-refractivity contribution in [2.75, 3.05) is 39.6 Å². The molecular weight excluding hydrogens is 1370 g/mol. The highest BCUT2D eigenvalue weighted by atomic mass is 31.2. The second-order valence-corrected chi connectivity index (χ2v) is 34.3. The van der Waals surface area contributed by atoms with Crippen LogP contribution in [0.4, 0.5) is 0 Å². The minimum atomic E-state index is -4.97. The zero-order valence-corrected chi connectivity index (χ0v) is 70.8. The highest BCUT2D eigenvalue weighted by molar-refractivity contribution is 7.47. The van der Waals surface area contributed by atoms with Gasteiger partial charge in [0.05, 0.1) is 26.4 Å². The molecule has 0 radical (unpaired) electrons. The van der Waals surface area contributed by atoms with E-state index in [0.29, 0.717) is 25.7 Å². The number of hydrogen-bond donors (Lipinski definition) is 3. The molecule has 0 aliphatic rings. The van der Waals surface area contributed by atoms with Gasteiger partial charge >= 0.3 is 39.5 Å². The van der Waals surface area contributed by atoms with E-state index in [4.69, 9.17) is 37.0 Å². The van der Waals surface area contributed by atoms with Crippen molar-refractivity contribution in [1.82, 2.24) is 0 Å². The lowest BCUT2D eigenvalue weighted by atomic mass is 9.99. The molecule has 0 aliphatic carbocycles. The van der Waals surface area contributed by atoms with E-state index in [9.17, 15) is 43.2 Å². The molecule has 0 heterocycles. The van der Waals surface area contributed by atoms with Crippen LogP contribution >= 0.6 is 15.6 Å². The van der Waals surface area contributed by atoms with Crippen LogP contribution in [-0.4, -0.2) is 96.7 Å². The minimum absolute atomic E-state index is 0.106. The summed E-state index contributed by atoms with van der Waals surface area (Å²) in [7, 11) is -9.93. The van der Waals surface area contributed by atoms with Crippen LogP contribution in [0.15, 0.2) is 0 Å². The Hall–Kier alpha value is -1.94. The van der Waals surface area contributed by atoms with Crippen molar-refractivity contribution in [3.8, 4) is 0 Å². The number of carbonyl (C=O) groups excluding carboxylic acids is 4. The second-order valence-electron chi connectivity index (χ2n) is 31.4. The van der Waals surface area contributed by atoms with Gasteiger partial charge in [-0.25, -0.2) is 9.13 Å². The van der Waals surface area contributed by atoms with Gasteiger partial charge in [-0.3, -0.25) is 37.3 Å². The maximum absolute atomic E-state index is 13.2. The summed E-state index contributed by atoms with van der Waals surface area (Å²) >= 11 is 0. The zero-order chi connectivity index (χ0) is 77.1. The van der Waals surface area contributed by atoms with Gasteiger partial charge in [-0.1, -0.05) is 408 Å². The average molecular weight is 1540 g/mol. The first-order valence-corrected chi connectivity index (χ1v) is 47.6. The van der Waals surface area contributed by atoms with Gasteiger partial charge in [0.2, 0.25) is 0 Å². The van der Waals surface area contributed by atoms with Crippen LogP contribution in [0.2, 0.25) is 0 Å². The van der Waals surface area contributed by atoms with Crippen molar-refractivity contribution < 1.29 is 80.2 Å². The molecule has 0 spiro atoms. The molecule has 0 saturated heterocycles. The van der Waals surface area contributed by atoms with Crippen LogP contribution in [0.5, 0.6) is 0 Å². The largest absolute Gasteiger partial charge is 0.472 e. The molecule has 0 aliphatic heterocycles. The van der Waals surface area contributed by atoms with Gasteiger partial charge in [0, 0.05) is 25.7 Å². The van der Waals surface area contributed by atoms with Crippen molar-refractivity contribution in [1.29, 1.82) is 0 Å². The molecule has 0 saturated carbocycles. The number of aliphatic hydroxyl groups is 1. The Labute approximate surface area is 645 Å². The summed E-state index contributed by atoms with van der Waals surface area (Å²) in [5.41, 5.74) is 0. The van der Waals surface area contributed by atoms with Crippen molar-refractivity contribution in [2.24, 2.45) is 11.8 Å². The summed E-state index contributed by atoms with van der Waals surface area (Å²) in [5.74, 6) is -0.523. The Morgan fingerprint density at radius 2 is 0.457 bits per heavy atom. The van der Waals surface area contributed by atoms with E-state index in [1.807, 2.05) is 0 Å². The number of carbonyl (C=O) groups is 4. The monoisotopic (exact) mass is 1540 g/mol. The van der Waals surface area contributed by atoms with E-state index in [1.165, 1.54) is 276 Å². The van der Waals surface area contributed by atoms with Crippen molar-refractivity contribution in [2.45, 2.75) is 477 Å². The lowest BCUT2D eigenvalue weighted by molar-refractivity contribution is -0.161. The molecular formula is C86H168O17P2. The number of ether oxygens (including phenoxy) is 4. The number of rotatable bonds is 85. The SMILES string of the molecule is CCCCCCCCCCCCCCCCCCCCCCCC(=O)O[C@H](COC(=O)CCCCCCCCCCCCCCCCCCCC)COP(=O)(O)OC[C@@H](O)COP(=O)(O)OC[C@@H](COC(=O)CCCCCCCCCCC(C)CC)OC(=O)CCCCCCCCCCCCC(C)CC. The molecule has 0 bridgehead atoms. The second kappa shape index (κ2) is 77.4. The van der Waals surface area contributed by atoms with E-state index >= 15 is 0 Å². The number of unbranched alkanes of at least 4 members (excludes halogenated alkanes) is 53. The van der Waals surface area contributed by atoms with Gasteiger partial charge in [0.15, 0.2) is 12.2 Å². The average Bonchev–Trinajstić information content (AvgIpc) is 0.907. The van der Waals surface area contributed by atoms with Gasteiger partial charge < -0.3 is 33.8 Å².